The molecule has 0 unspecified atom stereocenters. The number of hydrogen-bond donors (Lipinski definition) is 1. The van der Waals surface area contributed by atoms with E-state index in [-0.39, 0.29) is 18.5 Å². The van der Waals surface area contributed by atoms with Crippen molar-refractivity contribution in [2.45, 2.75) is 52.5 Å². The lowest BCUT2D eigenvalue weighted by Crippen LogP contribution is -2.35. The summed E-state index contributed by atoms with van der Waals surface area (Å²) in [5.74, 6) is -0.0425. The van der Waals surface area contributed by atoms with Gasteiger partial charge in [0.2, 0.25) is 15.9 Å². The Bertz CT molecular complexity index is 911. The number of rotatable bonds is 10. The number of aryl methyl sites for hydroxylation is 3. The van der Waals surface area contributed by atoms with E-state index in [2.05, 4.69) is 17.4 Å². The second-order valence-electron chi connectivity index (χ2n) is 7.70. The summed E-state index contributed by atoms with van der Waals surface area (Å²) in [7, 11) is -3.41. The number of amides is 1. The third kappa shape index (κ3) is 7.54. The van der Waals surface area contributed by atoms with Gasteiger partial charge in [-0.3, -0.25) is 9.10 Å². The highest BCUT2D eigenvalue weighted by Crippen LogP contribution is 2.21. The number of anilines is 1. The molecule has 0 saturated heterocycles. The van der Waals surface area contributed by atoms with E-state index in [1.165, 1.54) is 16.1 Å². The number of hydrogen-bond acceptors (Lipinski definition) is 3. The smallest absolute Gasteiger partial charge is 0.232 e. The molecule has 0 fully saturated rings. The second-order valence-corrected chi connectivity index (χ2v) is 9.61. The Morgan fingerprint density at radius 2 is 1.76 bits per heavy atom. The van der Waals surface area contributed by atoms with Crippen LogP contribution in [0, 0.1) is 13.8 Å². The summed E-state index contributed by atoms with van der Waals surface area (Å²) in [6, 6.07) is 15.9. The van der Waals surface area contributed by atoms with Gasteiger partial charge in [-0.05, 0) is 68.9 Å². The predicted molar refractivity (Wildman–Crippen MR) is 120 cm³/mol. The van der Waals surface area contributed by atoms with E-state index in [4.69, 9.17) is 0 Å². The van der Waals surface area contributed by atoms with Crippen molar-refractivity contribution in [3.63, 3.8) is 0 Å². The molecule has 1 atom stereocenters. The van der Waals surface area contributed by atoms with Gasteiger partial charge in [0.05, 0.1) is 11.9 Å². The van der Waals surface area contributed by atoms with Crippen LogP contribution in [0.2, 0.25) is 0 Å². The first kappa shape index (κ1) is 22.9. The molecule has 0 saturated carbocycles. The lowest BCUT2D eigenvalue weighted by atomic mass is 10.1. The van der Waals surface area contributed by atoms with Gasteiger partial charge in [0.1, 0.15) is 0 Å². The van der Waals surface area contributed by atoms with Crippen molar-refractivity contribution < 1.29 is 13.2 Å². The molecule has 1 amide bonds. The van der Waals surface area contributed by atoms with Crippen LogP contribution in [-0.2, 0) is 21.2 Å². The van der Waals surface area contributed by atoms with Crippen molar-refractivity contribution in [2.24, 2.45) is 0 Å². The molecule has 0 bridgehead atoms. The molecule has 0 heterocycles. The van der Waals surface area contributed by atoms with Crippen LogP contribution in [0.1, 0.15) is 42.9 Å². The maximum absolute atomic E-state index is 12.3. The molecule has 0 aliphatic rings. The Labute approximate surface area is 175 Å². The van der Waals surface area contributed by atoms with Crippen LogP contribution in [0.4, 0.5) is 5.69 Å². The van der Waals surface area contributed by atoms with Gasteiger partial charge in [-0.2, -0.15) is 0 Å². The van der Waals surface area contributed by atoms with Crippen LogP contribution in [0.5, 0.6) is 0 Å². The average molecular weight is 417 g/mol. The van der Waals surface area contributed by atoms with Crippen LogP contribution >= 0.6 is 0 Å². The summed E-state index contributed by atoms with van der Waals surface area (Å²) in [6.45, 7) is 6.24. The van der Waals surface area contributed by atoms with Gasteiger partial charge in [0, 0.05) is 19.0 Å². The Hall–Kier alpha value is -2.34. The van der Waals surface area contributed by atoms with Gasteiger partial charge in [-0.15, -0.1) is 0 Å². The third-order valence-electron chi connectivity index (χ3n) is 5.06. The number of sulfonamides is 1. The molecular weight excluding hydrogens is 384 g/mol. The van der Waals surface area contributed by atoms with Crippen LogP contribution in [0.25, 0.3) is 0 Å². The zero-order valence-electron chi connectivity index (χ0n) is 17.8. The summed E-state index contributed by atoms with van der Waals surface area (Å²) in [5, 5.41) is 3.01. The molecule has 0 aromatic heterocycles. The van der Waals surface area contributed by atoms with E-state index in [1.54, 1.807) is 0 Å². The molecule has 2 aromatic rings. The summed E-state index contributed by atoms with van der Waals surface area (Å²) >= 11 is 0. The average Bonchev–Trinajstić information content (AvgIpc) is 2.66. The number of nitrogens with one attached hydrogen (secondary N) is 1. The van der Waals surface area contributed by atoms with Gasteiger partial charge in [-0.25, -0.2) is 8.42 Å². The highest BCUT2D eigenvalue weighted by molar-refractivity contribution is 7.92. The fraction of sp³-hybridized carbons (Fsp3) is 0.435. The molecule has 6 heteroatoms. The Morgan fingerprint density at radius 3 is 2.38 bits per heavy atom. The molecule has 0 aliphatic heterocycles. The molecule has 1 N–H and O–H groups in total. The number of nitrogens with zero attached hydrogens (tertiary/aromatic N) is 1. The molecule has 2 aromatic carbocycles. The van der Waals surface area contributed by atoms with E-state index in [0.29, 0.717) is 18.5 Å². The highest BCUT2D eigenvalue weighted by Gasteiger charge is 2.18. The summed E-state index contributed by atoms with van der Waals surface area (Å²) < 4.78 is 25.8. The van der Waals surface area contributed by atoms with Crippen LogP contribution < -0.4 is 9.62 Å². The summed E-state index contributed by atoms with van der Waals surface area (Å²) in [6.07, 6.45) is 3.75. The quantitative estimate of drug-likeness (QED) is 0.637. The fourth-order valence-corrected chi connectivity index (χ4v) is 4.15. The van der Waals surface area contributed by atoms with Crippen LogP contribution in [-0.4, -0.2) is 33.2 Å². The fourth-order valence-electron chi connectivity index (χ4n) is 3.20. The summed E-state index contributed by atoms with van der Waals surface area (Å²) in [4.78, 5) is 12.3. The van der Waals surface area contributed by atoms with Crippen molar-refractivity contribution in [3.05, 3.63) is 65.2 Å². The molecule has 0 aliphatic carbocycles. The standard InChI is InChI=1S/C23H32N2O3S/c1-18-12-15-22(17-19(18)2)25(29(4,27)28)16-8-11-23(26)24-20(3)13-14-21-9-6-5-7-10-21/h5-7,9-10,12,15,17,20H,8,11,13-14,16H2,1-4H3,(H,24,26)/t20-/m1/s1. The first-order valence-electron chi connectivity index (χ1n) is 10.0. The van der Waals surface area contributed by atoms with Gasteiger partial charge in [0.25, 0.3) is 0 Å². The summed E-state index contributed by atoms with van der Waals surface area (Å²) in [5.41, 5.74) is 4.06. The molecule has 5 nitrogen and oxygen atoms in total. The molecular formula is C23H32N2O3S. The van der Waals surface area contributed by atoms with E-state index in [0.717, 1.165) is 24.0 Å². The van der Waals surface area contributed by atoms with E-state index in [1.807, 2.05) is 57.2 Å². The maximum Gasteiger partial charge on any atom is 0.232 e. The number of carbonyl (C=O) groups is 1. The number of carbonyl (C=O) groups excluding carboxylic acids is 1. The lowest BCUT2D eigenvalue weighted by molar-refractivity contribution is -0.121. The SMILES string of the molecule is Cc1ccc(N(CCCC(=O)N[C@H](C)CCc2ccccc2)S(C)(=O)=O)cc1C. The van der Waals surface area contributed by atoms with Crippen LogP contribution in [0.15, 0.2) is 48.5 Å². The minimum Gasteiger partial charge on any atom is -0.354 e. The minimum atomic E-state index is -3.41. The van der Waals surface area contributed by atoms with Crippen molar-refractivity contribution in [1.29, 1.82) is 0 Å². The molecule has 0 spiro atoms. The van der Waals surface area contributed by atoms with E-state index < -0.39 is 10.0 Å². The van der Waals surface area contributed by atoms with Gasteiger partial charge in [-0.1, -0.05) is 36.4 Å². The molecule has 29 heavy (non-hydrogen) atoms. The predicted octanol–water partition coefficient (Wildman–Crippen LogP) is 3.99. The van der Waals surface area contributed by atoms with Gasteiger partial charge in [0.15, 0.2) is 0 Å². The maximum atomic E-state index is 12.3. The van der Waals surface area contributed by atoms with Crippen molar-refractivity contribution >= 4 is 21.6 Å². The molecule has 2 rings (SSSR count). The topological polar surface area (TPSA) is 66.5 Å². The van der Waals surface area contributed by atoms with E-state index in [9.17, 15) is 13.2 Å². The first-order chi connectivity index (χ1) is 13.7. The van der Waals surface area contributed by atoms with Gasteiger partial charge < -0.3 is 5.32 Å². The Balaban J connectivity index is 1.83. The lowest BCUT2D eigenvalue weighted by Gasteiger charge is -2.23. The highest BCUT2D eigenvalue weighted by atomic mass is 32.2. The van der Waals surface area contributed by atoms with E-state index >= 15 is 0 Å². The van der Waals surface area contributed by atoms with Crippen LogP contribution in [0.3, 0.4) is 0 Å². The zero-order chi connectivity index (χ0) is 21.4. The van der Waals surface area contributed by atoms with Crippen molar-refractivity contribution in [2.75, 3.05) is 17.1 Å². The largest absolute Gasteiger partial charge is 0.354 e. The monoisotopic (exact) mass is 416 g/mol. The molecule has 158 valence electrons. The normalized spacial score (nSPS) is 12.4. The first-order valence-corrected chi connectivity index (χ1v) is 11.9. The van der Waals surface area contributed by atoms with Crippen molar-refractivity contribution in [1.82, 2.24) is 5.32 Å². The number of benzene rings is 2. The molecule has 0 radical (unpaired) electrons. The Morgan fingerprint density at radius 1 is 1.07 bits per heavy atom. The van der Waals surface area contributed by atoms with Gasteiger partial charge >= 0.3 is 0 Å². The third-order valence-corrected chi connectivity index (χ3v) is 6.25. The Kier molecular flexibility index (Phi) is 8.26. The second kappa shape index (κ2) is 10.4. The minimum absolute atomic E-state index is 0.0425. The van der Waals surface area contributed by atoms with Crippen molar-refractivity contribution in [3.8, 4) is 0 Å². The zero-order valence-corrected chi connectivity index (χ0v) is 18.6.